The van der Waals surface area contributed by atoms with Crippen LogP contribution in [0.5, 0.6) is 0 Å². The van der Waals surface area contributed by atoms with Crippen LogP contribution in [0.3, 0.4) is 0 Å². The van der Waals surface area contributed by atoms with E-state index < -0.39 is 0 Å². The number of aromatic nitrogens is 1. The van der Waals surface area contributed by atoms with E-state index in [1.54, 1.807) is 29.7 Å². The second-order valence-corrected chi connectivity index (χ2v) is 5.09. The molecular weight excluding hydrogens is 302 g/mol. The highest BCUT2D eigenvalue weighted by Gasteiger charge is 2.11. The summed E-state index contributed by atoms with van der Waals surface area (Å²) >= 11 is 4.88. The molecule has 0 atom stereocenters. The van der Waals surface area contributed by atoms with Gasteiger partial charge in [-0.25, -0.2) is 9.78 Å². The number of rotatable bonds is 4. The molecule has 0 aliphatic carbocycles. The van der Waals surface area contributed by atoms with Crippen LogP contribution in [0.4, 0.5) is 0 Å². The average molecular weight is 312 g/mol. The summed E-state index contributed by atoms with van der Waals surface area (Å²) in [7, 11) is 0. The highest BCUT2D eigenvalue weighted by atomic mass is 79.9. The Hall–Kier alpha value is -1.20. The largest absolute Gasteiger partial charge is 0.462 e. The Bertz CT molecular complexity index is 499. The summed E-state index contributed by atoms with van der Waals surface area (Å²) in [5.41, 5.74) is 0.457. The molecule has 0 unspecified atom stereocenters. The maximum atomic E-state index is 11.7. The van der Waals surface area contributed by atoms with Crippen LogP contribution in [0, 0.1) is 0 Å². The molecule has 0 radical (unpaired) electrons. The monoisotopic (exact) mass is 311 g/mol. The van der Waals surface area contributed by atoms with Crippen molar-refractivity contribution in [3.05, 3.63) is 50.9 Å². The van der Waals surface area contributed by atoms with Crippen molar-refractivity contribution in [3.8, 4) is 0 Å². The molecule has 0 fully saturated rings. The molecule has 0 spiro atoms. The predicted octanol–water partition coefficient (Wildman–Crippen LogP) is 3.31. The number of carbonyl (C=O) groups excluding carboxylic acids is 1. The van der Waals surface area contributed by atoms with Crippen LogP contribution in [0.25, 0.3) is 0 Å². The van der Waals surface area contributed by atoms with Gasteiger partial charge in [0.15, 0.2) is 0 Å². The van der Waals surface area contributed by atoms with Gasteiger partial charge >= 0.3 is 5.97 Å². The Morgan fingerprint density at radius 2 is 2.29 bits per heavy atom. The molecule has 0 saturated heterocycles. The highest BCUT2D eigenvalue weighted by molar-refractivity contribution is 9.10. The second kappa shape index (κ2) is 5.93. The number of esters is 1. The van der Waals surface area contributed by atoms with Gasteiger partial charge in [0.1, 0.15) is 4.60 Å². The average Bonchev–Trinajstić information content (AvgIpc) is 2.82. The summed E-state index contributed by atoms with van der Waals surface area (Å²) in [4.78, 5) is 16.9. The number of carbonyl (C=O) groups is 1. The van der Waals surface area contributed by atoms with Crippen LogP contribution in [0.15, 0.2) is 40.4 Å². The fourth-order valence-electron chi connectivity index (χ4n) is 1.32. The fourth-order valence-corrected chi connectivity index (χ4v) is 2.42. The van der Waals surface area contributed by atoms with E-state index in [0.717, 1.165) is 6.42 Å². The van der Waals surface area contributed by atoms with Crippen LogP contribution in [0.1, 0.15) is 15.2 Å². The number of ether oxygens (including phenoxy) is 1. The van der Waals surface area contributed by atoms with Crippen LogP contribution in [-0.4, -0.2) is 17.6 Å². The van der Waals surface area contributed by atoms with Crippen LogP contribution < -0.4 is 0 Å². The van der Waals surface area contributed by atoms with E-state index in [1.807, 2.05) is 17.5 Å². The normalized spacial score (nSPS) is 10.2. The molecule has 0 amide bonds. The minimum atomic E-state index is -0.346. The molecule has 0 aliphatic heterocycles. The Balaban J connectivity index is 1.88. The highest BCUT2D eigenvalue weighted by Crippen LogP contribution is 2.14. The molecule has 2 aromatic heterocycles. The molecule has 3 nitrogen and oxygen atoms in total. The first kappa shape index (κ1) is 12.3. The van der Waals surface area contributed by atoms with Gasteiger partial charge in [0.2, 0.25) is 0 Å². The van der Waals surface area contributed by atoms with E-state index in [1.165, 1.54) is 4.88 Å². The lowest BCUT2D eigenvalue weighted by atomic mass is 10.3. The quantitative estimate of drug-likeness (QED) is 0.642. The third-order valence-corrected chi connectivity index (χ3v) is 3.71. The number of nitrogens with zero attached hydrogens (tertiary/aromatic N) is 1. The zero-order valence-corrected chi connectivity index (χ0v) is 11.3. The number of hydrogen-bond donors (Lipinski definition) is 0. The molecule has 2 rings (SSSR count). The van der Waals surface area contributed by atoms with Gasteiger partial charge in [-0.05, 0) is 39.5 Å². The molecule has 0 bridgehead atoms. The minimum absolute atomic E-state index is 0.346. The van der Waals surface area contributed by atoms with Crippen molar-refractivity contribution in [1.82, 2.24) is 4.98 Å². The van der Waals surface area contributed by atoms with E-state index >= 15 is 0 Å². The second-order valence-electron chi connectivity index (χ2n) is 3.31. The van der Waals surface area contributed by atoms with E-state index in [2.05, 4.69) is 20.9 Å². The summed E-state index contributed by atoms with van der Waals surface area (Å²) in [6, 6.07) is 7.41. The van der Waals surface area contributed by atoms with Crippen molar-refractivity contribution in [3.63, 3.8) is 0 Å². The molecule has 88 valence electrons. The zero-order chi connectivity index (χ0) is 12.1. The number of halogens is 1. The van der Waals surface area contributed by atoms with Gasteiger partial charge < -0.3 is 4.74 Å². The van der Waals surface area contributed by atoms with E-state index in [0.29, 0.717) is 16.8 Å². The Labute approximate surface area is 112 Å². The molecule has 2 heterocycles. The number of pyridine rings is 1. The van der Waals surface area contributed by atoms with Gasteiger partial charge in [-0.3, -0.25) is 0 Å². The lowest BCUT2D eigenvalue weighted by Crippen LogP contribution is -2.08. The minimum Gasteiger partial charge on any atom is -0.462 e. The third kappa shape index (κ3) is 3.38. The van der Waals surface area contributed by atoms with Crippen molar-refractivity contribution < 1.29 is 9.53 Å². The molecule has 0 aliphatic rings. The summed E-state index contributed by atoms with van der Waals surface area (Å²) < 4.78 is 5.69. The van der Waals surface area contributed by atoms with E-state index in [9.17, 15) is 4.79 Å². The van der Waals surface area contributed by atoms with Gasteiger partial charge in [0.05, 0.1) is 12.2 Å². The Kier molecular flexibility index (Phi) is 4.28. The number of thiophene rings is 1. The summed E-state index contributed by atoms with van der Waals surface area (Å²) in [6.45, 7) is 0.390. The van der Waals surface area contributed by atoms with Crippen molar-refractivity contribution in [2.75, 3.05) is 6.61 Å². The fraction of sp³-hybridized carbons (Fsp3) is 0.167. The van der Waals surface area contributed by atoms with Crippen molar-refractivity contribution in [2.24, 2.45) is 0 Å². The smallest absolute Gasteiger partial charge is 0.340 e. The maximum Gasteiger partial charge on any atom is 0.340 e. The molecule has 0 N–H and O–H groups in total. The van der Waals surface area contributed by atoms with Crippen molar-refractivity contribution in [2.45, 2.75) is 6.42 Å². The first-order valence-electron chi connectivity index (χ1n) is 5.07. The lowest BCUT2D eigenvalue weighted by molar-refractivity contribution is 0.0508. The lowest BCUT2D eigenvalue weighted by Gasteiger charge is -2.04. The first-order valence-corrected chi connectivity index (χ1v) is 6.74. The van der Waals surface area contributed by atoms with Gasteiger partial charge in [-0.15, -0.1) is 11.3 Å². The van der Waals surface area contributed by atoms with Crippen LogP contribution >= 0.6 is 27.3 Å². The summed E-state index contributed by atoms with van der Waals surface area (Å²) in [5.74, 6) is -0.346. The Morgan fingerprint density at radius 1 is 1.41 bits per heavy atom. The van der Waals surface area contributed by atoms with Gasteiger partial charge in [0.25, 0.3) is 0 Å². The van der Waals surface area contributed by atoms with Gasteiger partial charge in [-0.1, -0.05) is 6.07 Å². The molecule has 2 aromatic rings. The maximum absolute atomic E-state index is 11.7. The third-order valence-electron chi connectivity index (χ3n) is 2.14. The van der Waals surface area contributed by atoms with Crippen LogP contribution in [-0.2, 0) is 11.2 Å². The van der Waals surface area contributed by atoms with Crippen molar-refractivity contribution in [1.29, 1.82) is 0 Å². The SMILES string of the molecule is O=C(OCCc1cccs1)c1cccnc1Br. The van der Waals surface area contributed by atoms with Gasteiger partial charge in [-0.2, -0.15) is 0 Å². The molecular formula is C12H10BrNO2S. The zero-order valence-electron chi connectivity index (χ0n) is 8.93. The topological polar surface area (TPSA) is 39.2 Å². The molecule has 0 aromatic carbocycles. The Morgan fingerprint density at radius 3 is 3.00 bits per heavy atom. The molecule has 5 heteroatoms. The predicted molar refractivity (Wildman–Crippen MR) is 70.2 cm³/mol. The first-order chi connectivity index (χ1) is 8.27. The van der Waals surface area contributed by atoms with E-state index in [4.69, 9.17) is 4.74 Å². The molecule has 0 saturated carbocycles. The van der Waals surface area contributed by atoms with E-state index in [-0.39, 0.29) is 5.97 Å². The van der Waals surface area contributed by atoms with Crippen LogP contribution in [0.2, 0.25) is 0 Å². The van der Waals surface area contributed by atoms with Gasteiger partial charge in [0, 0.05) is 17.5 Å². The summed E-state index contributed by atoms with van der Waals surface area (Å²) in [6.07, 6.45) is 2.37. The standard InChI is InChI=1S/C12H10BrNO2S/c13-11-10(4-1-6-14-11)12(15)16-7-5-9-3-2-8-17-9/h1-4,6,8H,5,7H2. The molecule has 17 heavy (non-hydrogen) atoms. The van der Waals surface area contributed by atoms with Crippen molar-refractivity contribution >= 4 is 33.2 Å². The number of hydrogen-bond acceptors (Lipinski definition) is 4. The summed E-state index contributed by atoms with van der Waals surface area (Å²) in [5, 5.41) is 2.01.